The normalized spacial score (nSPS) is 11.4. The van der Waals surface area contributed by atoms with Gasteiger partial charge in [0.1, 0.15) is 4.88 Å². The van der Waals surface area contributed by atoms with E-state index < -0.39 is 0 Å². The summed E-state index contributed by atoms with van der Waals surface area (Å²) in [7, 11) is 0. The predicted octanol–water partition coefficient (Wildman–Crippen LogP) is 4.16. The maximum absolute atomic E-state index is 12.4. The molecule has 106 valence electrons. The predicted molar refractivity (Wildman–Crippen MR) is 85.4 cm³/mol. The quantitative estimate of drug-likeness (QED) is 0.881. The standard InChI is InChI=1S/C14H16BrN3OS/c1-8-5-6-9(15)10(7-8)16-13(19)11-12(14(2,3)4)17-18-20-11/h5-7H,1-4H3,(H,16,19). The number of benzene rings is 1. The first-order valence-electron chi connectivity index (χ1n) is 6.19. The summed E-state index contributed by atoms with van der Waals surface area (Å²) in [5.74, 6) is -0.170. The van der Waals surface area contributed by atoms with E-state index in [1.807, 2.05) is 45.9 Å². The van der Waals surface area contributed by atoms with E-state index in [9.17, 15) is 4.79 Å². The Morgan fingerprint density at radius 2 is 2.05 bits per heavy atom. The molecule has 2 rings (SSSR count). The van der Waals surface area contributed by atoms with E-state index in [0.717, 1.165) is 32.9 Å². The van der Waals surface area contributed by atoms with Crippen molar-refractivity contribution in [3.63, 3.8) is 0 Å². The van der Waals surface area contributed by atoms with Crippen LogP contribution in [0, 0.1) is 6.92 Å². The van der Waals surface area contributed by atoms with Crippen LogP contribution >= 0.6 is 27.5 Å². The van der Waals surface area contributed by atoms with Crippen LogP contribution in [0.4, 0.5) is 5.69 Å². The largest absolute Gasteiger partial charge is 0.320 e. The first-order valence-corrected chi connectivity index (χ1v) is 7.76. The zero-order valence-corrected chi connectivity index (χ0v) is 14.2. The van der Waals surface area contributed by atoms with Crippen molar-refractivity contribution < 1.29 is 4.79 Å². The fourth-order valence-corrected chi connectivity index (χ4v) is 2.86. The molecule has 1 aromatic carbocycles. The second kappa shape index (κ2) is 5.61. The van der Waals surface area contributed by atoms with Gasteiger partial charge in [-0.25, -0.2) is 0 Å². The fourth-order valence-electron chi connectivity index (χ4n) is 1.74. The first kappa shape index (κ1) is 15.1. The first-order chi connectivity index (χ1) is 9.29. The molecule has 0 fully saturated rings. The molecule has 0 saturated carbocycles. The number of hydrogen-bond donors (Lipinski definition) is 1. The van der Waals surface area contributed by atoms with Gasteiger partial charge in [0, 0.05) is 9.89 Å². The molecule has 0 aliphatic rings. The zero-order chi connectivity index (χ0) is 14.9. The summed E-state index contributed by atoms with van der Waals surface area (Å²) < 4.78 is 4.76. The van der Waals surface area contributed by atoms with Crippen LogP contribution in [0.3, 0.4) is 0 Å². The van der Waals surface area contributed by atoms with Gasteiger partial charge in [-0.2, -0.15) is 0 Å². The number of halogens is 1. The molecule has 0 atom stereocenters. The molecule has 0 aliphatic carbocycles. The van der Waals surface area contributed by atoms with Crippen molar-refractivity contribution in [3.8, 4) is 0 Å². The van der Waals surface area contributed by atoms with Crippen LogP contribution in [-0.4, -0.2) is 15.5 Å². The summed E-state index contributed by atoms with van der Waals surface area (Å²) in [6, 6.07) is 5.82. The van der Waals surface area contributed by atoms with E-state index in [1.54, 1.807) is 0 Å². The van der Waals surface area contributed by atoms with E-state index in [1.165, 1.54) is 0 Å². The Hall–Kier alpha value is -1.27. The lowest BCUT2D eigenvalue weighted by Gasteiger charge is -2.16. The van der Waals surface area contributed by atoms with Crippen molar-refractivity contribution in [2.24, 2.45) is 0 Å². The van der Waals surface area contributed by atoms with Gasteiger partial charge in [-0.15, -0.1) is 5.10 Å². The molecule has 1 heterocycles. The van der Waals surface area contributed by atoms with Crippen LogP contribution in [0.1, 0.15) is 41.7 Å². The highest BCUT2D eigenvalue weighted by atomic mass is 79.9. The van der Waals surface area contributed by atoms with E-state index >= 15 is 0 Å². The summed E-state index contributed by atoms with van der Waals surface area (Å²) in [4.78, 5) is 13.0. The Kier molecular flexibility index (Phi) is 4.25. The van der Waals surface area contributed by atoms with Gasteiger partial charge in [0.15, 0.2) is 0 Å². The highest BCUT2D eigenvalue weighted by Crippen LogP contribution is 2.28. The number of rotatable bonds is 2. The van der Waals surface area contributed by atoms with Gasteiger partial charge < -0.3 is 5.32 Å². The van der Waals surface area contributed by atoms with Crippen molar-refractivity contribution in [2.75, 3.05) is 5.32 Å². The molecule has 1 N–H and O–H groups in total. The SMILES string of the molecule is Cc1ccc(Br)c(NC(=O)c2snnc2C(C)(C)C)c1. The van der Waals surface area contributed by atoms with Gasteiger partial charge in [-0.05, 0) is 52.1 Å². The van der Waals surface area contributed by atoms with Crippen molar-refractivity contribution in [3.05, 3.63) is 38.8 Å². The number of carbonyl (C=O) groups excluding carboxylic acids is 1. The van der Waals surface area contributed by atoms with Gasteiger partial charge in [0.25, 0.3) is 5.91 Å². The minimum Gasteiger partial charge on any atom is -0.320 e. The van der Waals surface area contributed by atoms with E-state index in [2.05, 4.69) is 30.8 Å². The molecule has 0 unspecified atom stereocenters. The van der Waals surface area contributed by atoms with Crippen LogP contribution in [0.15, 0.2) is 22.7 Å². The average molecular weight is 354 g/mol. The number of hydrogen-bond acceptors (Lipinski definition) is 4. The third-order valence-electron chi connectivity index (χ3n) is 2.77. The maximum Gasteiger partial charge on any atom is 0.269 e. The number of nitrogens with one attached hydrogen (secondary N) is 1. The summed E-state index contributed by atoms with van der Waals surface area (Å²) in [5.41, 5.74) is 2.36. The Morgan fingerprint density at radius 1 is 1.35 bits per heavy atom. The van der Waals surface area contributed by atoms with Gasteiger partial charge in [-0.1, -0.05) is 31.3 Å². The van der Waals surface area contributed by atoms with E-state index in [0.29, 0.717) is 4.88 Å². The molecule has 20 heavy (non-hydrogen) atoms. The van der Waals surface area contributed by atoms with Crippen molar-refractivity contribution in [1.29, 1.82) is 0 Å². The second-order valence-corrected chi connectivity index (χ2v) is 7.25. The minimum atomic E-state index is -0.205. The molecular weight excluding hydrogens is 338 g/mol. The Labute approximate surface area is 130 Å². The Balaban J connectivity index is 2.30. The van der Waals surface area contributed by atoms with Crippen molar-refractivity contribution in [2.45, 2.75) is 33.1 Å². The minimum absolute atomic E-state index is 0.170. The van der Waals surface area contributed by atoms with Crippen LogP contribution in [-0.2, 0) is 5.41 Å². The molecule has 0 saturated heterocycles. The summed E-state index contributed by atoms with van der Waals surface area (Å²) in [6.45, 7) is 8.03. The smallest absolute Gasteiger partial charge is 0.269 e. The zero-order valence-electron chi connectivity index (χ0n) is 11.8. The number of aromatic nitrogens is 2. The molecule has 2 aromatic rings. The topological polar surface area (TPSA) is 54.9 Å². The Morgan fingerprint density at radius 3 is 2.70 bits per heavy atom. The van der Waals surface area contributed by atoms with Crippen molar-refractivity contribution in [1.82, 2.24) is 9.59 Å². The lowest BCUT2D eigenvalue weighted by Crippen LogP contribution is -2.20. The third kappa shape index (κ3) is 3.24. The van der Waals surface area contributed by atoms with Crippen LogP contribution in [0.2, 0.25) is 0 Å². The van der Waals surface area contributed by atoms with Crippen molar-refractivity contribution >= 4 is 39.1 Å². The highest BCUT2D eigenvalue weighted by Gasteiger charge is 2.26. The second-order valence-electron chi connectivity index (χ2n) is 5.64. The molecule has 1 amide bonds. The number of anilines is 1. The van der Waals surface area contributed by atoms with Gasteiger partial charge in [-0.3, -0.25) is 4.79 Å². The lowest BCUT2D eigenvalue weighted by molar-refractivity contribution is 0.102. The number of amides is 1. The lowest BCUT2D eigenvalue weighted by atomic mass is 9.91. The highest BCUT2D eigenvalue weighted by molar-refractivity contribution is 9.10. The van der Waals surface area contributed by atoms with Crippen LogP contribution in [0.25, 0.3) is 0 Å². The molecule has 0 bridgehead atoms. The van der Waals surface area contributed by atoms with E-state index in [4.69, 9.17) is 0 Å². The summed E-state index contributed by atoms with van der Waals surface area (Å²) in [6.07, 6.45) is 0. The third-order valence-corrected chi connectivity index (χ3v) is 4.19. The van der Waals surface area contributed by atoms with Gasteiger partial charge in [0.05, 0.1) is 11.4 Å². The van der Waals surface area contributed by atoms with Gasteiger partial charge >= 0.3 is 0 Å². The molecule has 0 spiro atoms. The van der Waals surface area contributed by atoms with E-state index in [-0.39, 0.29) is 11.3 Å². The molecule has 1 aromatic heterocycles. The Bertz CT molecular complexity index is 646. The molecule has 4 nitrogen and oxygen atoms in total. The summed E-state index contributed by atoms with van der Waals surface area (Å²) >= 11 is 4.56. The average Bonchev–Trinajstić information content (AvgIpc) is 2.82. The van der Waals surface area contributed by atoms with Crippen LogP contribution < -0.4 is 5.32 Å². The number of aryl methyl sites for hydroxylation is 1. The molecule has 0 aliphatic heterocycles. The number of carbonyl (C=O) groups is 1. The fraction of sp³-hybridized carbons (Fsp3) is 0.357. The number of nitrogens with zero attached hydrogens (tertiary/aromatic N) is 2. The molecular formula is C14H16BrN3OS. The molecule has 6 heteroatoms. The van der Waals surface area contributed by atoms with Crippen LogP contribution in [0.5, 0.6) is 0 Å². The van der Waals surface area contributed by atoms with Gasteiger partial charge in [0.2, 0.25) is 0 Å². The summed E-state index contributed by atoms with van der Waals surface area (Å²) in [5, 5.41) is 7.00. The molecule has 0 radical (unpaired) electrons. The monoisotopic (exact) mass is 353 g/mol. The maximum atomic E-state index is 12.4.